The molecule has 0 aliphatic carbocycles. The van der Waals surface area contributed by atoms with Crippen molar-refractivity contribution in [3.05, 3.63) is 35.4 Å². The Morgan fingerprint density at radius 3 is 2.89 bits per heavy atom. The van der Waals surface area contributed by atoms with Crippen LogP contribution >= 0.6 is 0 Å². The summed E-state index contributed by atoms with van der Waals surface area (Å²) >= 11 is 0. The average Bonchev–Trinajstić information content (AvgIpc) is 2.58. The predicted molar refractivity (Wildman–Crippen MR) is 74.4 cm³/mol. The Morgan fingerprint density at radius 2 is 2.17 bits per heavy atom. The number of rotatable bonds is 4. The third kappa shape index (κ3) is 3.10. The highest BCUT2D eigenvalue weighted by molar-refractivity contribution is 5.31. The predicted octanol–water partition coefficient (Wildman–Crippen LogP) is 1.83. The van der Waals surface area contributed by atoms with Crippen LogP contribution in [0.15, 0.2) is 24.3 Å². The molecule has 2 atom stereocenters. The molecule has 1 heterocycles. The molecule has 2 rings (SSSR count). The molecule has 0 aromatic heterocycles. The average molecular weight is 248 g/mol. The van der Waals surface area contributed by atoms with Crippen LogP contribution in [0, 0.1) is 5.92 Å². The molecule has 1 aromatic rings. The topological polar surface area (TPSA) is 44.3 Å². The van der Waals surface area contributed by atoms with E-state index in [1.807, 2.05) is 0 Å². The van der Waals surface area contributed by atoms with Crippen molar-refractivity contribution in [3.63, 3.8) is 0 Å². The van der Waals surface area contributed by atoms with Gasteiger partial charge in [0.05, 0.1) is 6.61 Å². The molecule has 0 saturated carbocycles. The van der Waals surface area contributed by atoms with E-state index in [9.17, 15) is 5.11 Å². The number of aliphatic hydroxyl groups excluding tert-OH is 1. The summed E-state index contributed by atoms with van der Waals surface area (Å²) in [5.41, 5.74) is 2.74. The van der Waals surface area contributed by atoms with Crippen molar-refractivity contribution >= 4 is 0 Å². The maximum absolute atomic E-state index is 9.47. The molecular formula is C15H24N2O. The number of benzene rings is 1. The zero-order chi connectivity index (χ0) is 13.0. The van der Waals surface area contributed by atoms with Crippen molar-refractivity contribution < 1.29 is 5.11 Å². The zero-order valence-electron chi connectivity index (χ0n) is 11.3. The minimum atomic E-state index is 0.168. The molecule has 100 valence electrons. The van der Waals surface area contributed by atoms with Crippen LogP contribution in [0.25, 0.3) is 0 Å². The monoisotopic (exact) mass is 248 g/mol. The van der Waals surface area contributed by atoms with Crippen molar-refractivity contribution in [3.8, 4) is 0 Å². The van der Waals surface area contributed by atoms with Crippen LogP contribution in [0.2, 0.25) is 0 Å². The van der Waals surface area contributed by atoms with Gasteiger partial charge in [-0.2, -0.15) is 0 Å². The minimum Gasteiger partial charge on any atom is -0.395 e. The molecular weight excluding hydrogens is 224 g/mol. The normalized spacial score (nSPS) is 21.4. The molecule has 1 aliphatic heterocycles. The molecule has 3 heteroatoms. The first-order valence-corrected chi connectivity index (χ1v) is 6.87. The van der Waals surface area contributed by atoms with Gasteiger partial charge in [-0.3, -0.25) is 0 Å². The molecule has 1 aliphatic rings. The van der Waals surface area contributed by atoms with Crippen LogP contribution in [0.3, 0.4) is 0 Å². The molecule has 0 radical (unpaired) electrons. The summed E-state index contributed by atoms with van der Waals surface area (Å²) in [6, 6.07) is 9.09. The van der Waals surface area contributed by atoms with Crippen LogP contribution in [-0.2, 0) is 6.54 Å². The summed E-state index contributed by atoms with van der Waals surface area (Å²) in [5, 5.41) is 16.5. The van der Waals surface area contributed by atoms with Gasteiger partial charge < -0.3 is 15.7 Å². The first-order valence-electron chi connectivity index (χ1n) is 6.87. The van der Waals surface area contributed by atoms with E-state index >= 15 is 0 Å². The molecule has 18 heavy (non-hydrogen) atoms. The molecule has 0 fully saturated rings. The molecule has 0 spiro atoms. The fraction of sp³-hybridized carbons (Fsp3) is 0.600. The summed E-state index contributed by atoms with van der Waals surface area (Å²) in [6.07, 6.45) is 1.07. The van der Waals surface area contributed by atoms with E-state index in [-0.39, 0.29) is 12.6 Å². The van der Waals surface area contributed by atoms with Crippen molar-refractivity contribution in [2.45, 2.75) is 38.9 Å². The van der Waals surface area contributed by atoms with E-state index < -0.39 is 0 Å². The third-order valence-corrected chi connectivity index (χ3v) is 3.77. The standard InChI is InChI=1S/C15H24N2O/c1-11(2)15(10-18)17-14-7-8-16-9-12-5-3-4-6-13(12)14/h3-6,11,14-18H,7-10H2,1-2H3/t14?,15-/m1/s1. The van der Waals surface area contributed by atoms with Gasteiger partial charge in [0, 0.05) is 18.6 Å². The van der Waals surface area contributed by atoms with Crippen LogP contribution < -0.4 is 10.6 Å². The quantitative estimate of drug-likeness (QED) is 0.761. The van der Waals surface area contributed by atoms with E-state index in [0.29, 0.717) is 12.0 Å². The zero-order valence-corrected chi connectivity index (χ0v) is 11.3. The number of aliphatic hydroxyl groups is 1. The van der Waals surface area contributed by atoms with Crippen LogP contribution in [-0.4, -0.2) is 24.3 Å². The smallest absolute Gasteiger partial charge is 0.0587 e. The molecule has 1 unspecified atom stereocenters. The number of nitrogens with one attached hydrogen (secondary N) is 2. The lowest BCUT2D eigenvalue weighted by atomic mass is 9.96. The molecule has 1 aromatic carbocycles. The van der Waals surface area contributed by atoms with Crippen LogP contribution in [0.5, 0.6) is 0 Å². The van der Waals surface area contributed by atoms with Gasteiger partial charge in [-0.05, 0) is 30.0 Å². The lowest BCUT2D eigenvalue weighted by Crippen LogP contribution is -2.40. The second-order valence-electron chi connectivity index (χ2n) is 5.42. The van der Waals surface area contributed by atoms with Crippen LogP contribution in [0.4, 0.5) is 0 Å². The Balaban J connectivity index is 2.17. The summed E-state index contributed by atoms with van der Waals surface area (Å²) in [6.45, 7) is 6.45. The number of fused-ring (bicyclic) bond motifs is 1. The molecule has 0 saturated heterocycles. The number of hydrogen-bond donors (Lipinski definition) is 3. The van der Waals surface area contributed by atoms with Crippen molar-refractivity contribution in [1.82, 2.24) is 10.6 Å². The summed E-state index contributed by atoms with van der Waals surface area (Å²) in [5.74, 6) is 0.443. The molecule has 3 N–H and O–H groups in total. The first-order chi connectivity index (χ1) is 8.72. The Kier molecular flexibility index (Phi) is 4.75. The SMILES string of the molecule is CC(C)[C@@H](CO)NC1CCNCc2ccccc21. The Hall–Kier alpha value is -0.900. The third-order valence-electron chi connectivity index (χ3n) is 3.77. The van der Waals surface area contributed by atoms with Gasteiger partial charge in [0.2, 0.25) is 0 Å². The highest BCUT2D eigenvalue weighted by Crippen LogP contribution is 2.24. The minimum absolute atomic E-state index is 0.168. The van der Waals surface area contributed by atoms with Gasteiger partial charge in [0.25, 0.3) is 0 Å². The Morgan fingerprint density at radius 1 is 1.39 bits per heavy atom. The molecule has 0 bridgehead atoms. The second kappa shape index (κ2) is 6.32. The van der Waals surface area contributed by atoms with E-state index in [2.05, 4.69) is 48.7 Å². The maximum Gasteiger partial charge on any atom is 0.0587 e. The fourth-order valence-electron chi connectivity index (χ4n) is 2.55. The van der Waals surface area contributed by atoms with Crippen LogP contribution in [0.1, 0.15) is 37.4 Å². The summed E-state index contributed by atoms with van der Waals surface area (Å²) in [4.78, 5) is 0. The Bertz CT molecular complexity index is 379. The van der Waals surface area contributed by atoms with E-state index in [1.54, 1.807) is 0 Å². The molecule has 3 nitrogen and oxygen atoms in total. The van der Waals surface area contributed by atoms with E-state index in [0.717, 1.165) is 19.5 Å². The van der Waals surface area contributed by atoms with Gasteiger partial charge in [-0.25, -0.2) is 0 Å². The lowest BCUT2D eigenvalue weighted by molar-refractivity contribution is 0.197. The molecule has 0 amide bonds. The number of hydrogen-bond acceptors (Lipinski definition) is 3. The Labute approximate surface area is 110 Å². The lowest BCUT2D eigenvalue weighted by Gasteiger charge is -2.27. The largest absolute Gasteiger partial charge is 0.395 e. The first kappa shape index (κ1) is 13.5. The van der Waals surface area contributed by atoms with Crippen molar-refractivity contribution in [2.24, 2.45) is 5.92 Å². The van der Waals surface area contributed by atoms with Gasteiger partial charge in [0.1, 0.15) is 0 Å². The van der Waals surface area contributed by atoms with Gasteiger partial charge in [0.15, 0.2) is 0 Å². The summed E-state index contributed by atoms with van der Waals surface area (Å²) < 4.78 is 0. The van der Waals surface area contributed by atoms with Gasteiger partial charge in [-0.15, -0.1) is 0 Å². The highest BCUT2D eigenvalue weighted by Gasteiger charge is 2.22. The second-order valence-corrected chi connectivity index (χ2v) is 5.42. The maximum atomic E-state index is 9.47. The van der Waals surface area contributed by atoms with Crippen molar-refractivity contribution in [2.75, 3.05) is 13.2 Å². The van der Waals surface area contributed by atoms with E-state index in [4.69, 9.17) is 0 Å². The van der Waals surface area contributed by atoms with Gasteiger partial charge in [-0.1, -0.05) is 38.1 Å². The fourth-order valence-corrected chi connectivity index (χ4v) is 2.55. The summed E-state index contributed by atoms with van der Waals surface area (Å²) in [7, 11) is 0. The highest BCUT2D eigenvalue weighted by atomic mass is 16.3. The van der Waals surface area contributed by atoms with Crippen molar-refractivity contribution in [1.29, 1.82) is 0 Å². The van der Waals surface area contributed by atoms with Gasteiger partial charge >= 0.3 is 0 Å². The van der Waals surface area contributed by atoms with E-state index in [1.165, 1.54) is 11.1 Å².